The minimum absolute atomic E-state index is 0.166. The Morgan fingerprint density at radius 2 is 2.32 bits per heavy atom. The minimum Gasteiger partial charge on any atom is -0.391 e. The van der Waals surface area contributed by atoms with Crippen LogP contribution in [0.2, 0.25) is 0 Å². The van der Waals surface area contributed by atoms with Crippen molar-refractivity contribution in [2.24, 2.45) is 4.99 Å². The number of pyridine rings is 1. The molecule has 1 aliphatic heterocycles. The molecule has 2 aromatic rings. The fourth-order valence-corrected chi connectivity index (χ4v) is 2.88. The van der Waals surface area contributed by atoms with Crippen molar-refractivity contribution in [3.8, 4) is 0 Å². The van der Waals surface area contributed by atoms with Crippen LogP contribution in [0.5, 0.6) is 0 Å². The Balaban J connectivity index is 1.84. The van der Waals surface area contributed by atoms with Gasteiger partial charge in [0.05, 0.1) is 23.1 Å². The third kappa shape index (κ3) is 3.35. The van der Waals surface area contributed by atoms with Gasteiger partial charge in [-0.05, 0) is 48.5 Å². The molecule has 2 heterocycles. The zero-order valence-corrected chi connectivity index (χ0v) is 12.8. The molecule has 6 heteroatoms. The lowest BCUT2D eigenvalue weighted by atomic mass is 10.1. The summed E-state index contributed by atoms with van der Waals surface area (Å²) in [7, 11) is 0. The van der Waals surface area contributed by atoms with Crippen LogP contribution < -0.4 is 5.32 Å². The normalized spacial score (nSPS) is 19.8. The molecule has 0 saturated carbocycles. The highest BCUT2D eigenvalue weighted by molar-refractivity contribution is 8.18. The first-order chi connectivity index (χ1) is 10.6. The summed E-state index contributed by atoms with van der Waals surface area (Å²) >= 11 is 1.28. The van der Waals surface area contributed by atoms with E-state index in [9.17, 15) is 9.90 Å². The van der Waals surface area contributed by atoms with Crippen LogP contribution in [0.3, 0.4) is 0 Å². The monoisotopic (exact) mass is 313 g/mol. The first kappa shape index (κ1) is 14.7. The van der Waals surface area contributed by atoms with E-state index in [1.54, 1.807) is 13.1 Å². The van der Waals surface area contributed by atoms with E-state index in [-0.39, 0.29) is 12.5 Å². The van der Waals surface area contributed by atoms with E-state index in [1.165, 1.54) is 11.8 Å². The van der Waals surface area contributed by atoms with Crippen molar-refractivity contribution >= 4 is 39.8 Å². The molecule has 1 fully saturated rings. The van der Waals surface area contributed by atoms with Gasteiger partial charge in [0, 0.05) is 11.6 Å². The topological polar surface area (TPSA) is 74.6 Å². The van der Waals surface area contributed by atoms with Crippen molar-refractivity contribution in [2.75, 3.05) is 6.54 Å². The number of carbonyl (C=O) groups excluding carboxylic acids is 1. The number of amidine groups is 1. The first-order valence-electron chi connectivity index (χ1n) is 6.90. The van der Waals surface area contributed by atoms with Crippen molar-refractivity contribution in [3.05, 3.63) is 47.0 Å². The van der Waals surface area contributed by atoms with Crippen molar-refractivity contribution in [2.45, 2.75) is 13.0 Å². The summed E-state index contributed by atoms with van der Waals surface area (Å²) in [4.78, 5) is 21.0. The number of hydrogen-bond donors (Lipinski definition) is 2. The molecule has 0 bridgehead atoms. The fourth-order valence-electron chi connectivity index (χ4n) is 2.05. The van der Waals surface area contributed by atoms with Crippen LogP contribution in [0.15, 0.2) is 46.4 Å². The van der Waals surface area contributed by atoms with Gasteiger partial charge in [0.2, 0.25) is 0 Å². The Bertz CT molecular complexity index is 784. The quantitative estimate of drug-likeness (QED) is 0.852. The Hall–Kier alpha value is -2.18. The average molecular weight is 313 g/mol. The van der Waals surface area contributed by atoms with E-state index in [4.69, 9.17) is 0 Å². The van der Waals surface area contributed by atoms with Gasteiger partial charge >= 0.3 is 0 Å². The van der Waals surface area contributed by atoms with Crippen LogP contribution >= 0.6 is 11.8 Å². The van der Waals surface area contributed by atoms with Crippen LogP contribution in [-0.4, -0.2) is 33.8 Å². The molecule has 1 aromatic heterocycles. The summed E-state index contributed by atoms with van der Waals surface area (Å²) in [5.41, 5.74) is 1.86. The summed E-state index contributed by atoms with van der Waals surface area (Å²) in [6, 6.07) is 9.73. The lowest BCUT2D eigenvalue weighted by Crippen LogP contribution is -2.21. The second-order valence-electron chi connectivity index (χ2n) is 5.02. The molecule has 112 valence electrons. The Morgan fingerprint density at radius 3 is 3.14 bits per heavy atom. The summed E-state index contributed by atoms with van der Waals surface area (Å²) in [6.45, 7) is 1.93. The second kappa shape index (κ2) is 6.29. The molecule has 5 nitrogen and oxygen atoms in total. The van der Waals surface area contributed by atoms with Crippen molar-refractivity contribution < 1.29 is 9.90 Å². The Labute approximate surface area is 132 Å². The third-order valence-corrected chi connectivity index (χ3v) is 4.02. The number of amides is 1. The van der Waals surface area contributed by atoms with Gasteiger partial charge in [-0.25, -0.2) is 0 Å². The fraction of sp³-hybridized carbons (Fsp3) is 0.188. The average Bonchev–Trinajstić information content (AvgIpc) is 2.85. The minimum atomic E-state index is -0.522. The summed E-state index contributed by atoms with van der Waals surface area (Å²) < 4.78 is 0. The number of carbonyl (C=O) groups is 1. The molecule has 1 aliphatic rings. The van der Waals surface area contributed by atoms with Gasteiger partial charge < -0.3 is 10.4 Å². The molecule has 3 rings (SSSR count). The van der Waals surface area contributed by atoms with Gasteiger partial charge in [-0.1, -0.05) is 12.1 Å². The summed E-state index contributed by atoms with van der Waals surface area (Å²) in [5.74, 6) is -0.166. The van der Waals surface area contributed by atoms with Gasteiger partial charge in [-0.3, -0.25) is 14.8 Å². The molecule has 1 unspecified atom stereocenters. The van der Waals surface area contributed by atoms with Gasteiger partial charge in [0.25, 0.3) is 5.91 Å². The zero-order valence-electron chi connectivity index (χ0n) is 12.0. The molecule has 1 atom stereocenters. The number of aliphatic hydroxyl groups excluding tert-OH is 1. The number of nitrogens with zero attached hydrogens (tertiary/aromatic N) is 2. The predicted octanol–water partition coefficient (Wildman–Crippen LogP) is 2.18. The van der Waals surface area contributed by atoms with Crippen LogP contribution in [0, 0.1) is 0 Å². The van der Waals surface area contributed by atoms with Crippen molar-refractivity contribution in [1.29, 1.82) is 0 Å². The zero-order chi connectivity index (χ0) is 15.5. The molecule has 1 aromatic carbocycles. The predicted molar refractivity (Wildman–Crippen MR) is 89.4 cm³/mol. The lowest BCUT2D eigenvalue weighted by Gasteiger charge is -1.99. The number of rotatable bonds is 3. The standard InChI is InChI=1S/C16H15N3O2S/c1-10(20)9-18-16-19-15(21)14(22-16)8-11-4-5-13-12(7-11)3-2-6-17-13/h2-8,10,20H,9H2,1H3,(H,18,19,21)/b14-8-. The number of thioether (sulfide) groups is 1. The molecular formula is C16H15N3O2S. The highest BCUT2D eigenvalue weighted by Gasteiger charge is 2.23. The van der Waals surface area contributed by atoms with Gasteiger partial charge in [0.1, 0.15) is 0 Å². The smallest absolute Gasteiger partial charge is 0.264 e. The maximum atomic E-state index is 11.9. The molecule has 2 N–H and O–H groups in total. The number of hydrogen-bond acceptors (Lipinski definition) is 5. The molecule has 0 aliphatic carbocycles. The Morgan fingerprint density at radius 1 is 1.45 bits per heavy atom. The maximum absolute atomic E-state index is 11.9. The van der Waals surface area contributed by atoms with E-state index in [0.29, 0.717) is 10.1 Å². The highest BCUT2D eigenvalue weighted by atomic mass is 32.2. The molecular weight excluding hydrogens is 298 g/mol. The molecule has 1 amide bonds. The van der Waals surface area contributed by atoms with Crippen LogP contribution in [-0.2, 0) is 4.79 Å². The summed E-state index contributed by atoms with van der Waals surface area (Å²) in [6.07, 6.45) is 3.06. The van der Waals surface area contributed by atoms with Gasteiger partial charge in [0.15, 0.2) is 5.17 Å². The van der Waals surface area contributed by atoms with Crippen LogP contribution in [0.4, 0.5) is 0 Å². The van der Waals surface area contributed by atoms with E-state index in [0.717, 1.165) is 16.5 Å². The Kier molecular flexibility index (Phi) is 4.22. The second-order valence-corrected chi connectivity index (χ2v) is 6.05. The molecule has 0 radical (unpaired) electrons. The van der Waals surface area contributed by atoms with E-state index < -0.39 is 6.10 Å². The lowest BCUT2D eigenvalue weighted by molar-refractivity contribution is -0.115. The third-order valence-electron chi connectivity index (χ3n) is 3.07. The highest BCUT2D eigenvalue weighted by Crippen LogP contribution is 2.26. The van der Waals surface area contributed by atoms with E-state index in [1.807, 2.05) is 36.4 Å². The maximum Gasteiger partial charge on any atom is 0.264 e. The first-order valence-corrected chi connectivity index (χ1v) is 7.72. The van der Waals surface area contributed by atoms with E-state index >= 15 is 0 Å². The number of aliphatic imine (C=N–C) groups is 1. The number of aliphatic hydroxyl groups is 1. The largest absolute Gasteiger partial charge is 0.391 e. The van der Waals surface area contributed by atoms with Crippen LogP contribution in [0.1, 0.15) is 12.5 Å². The SMILES string of the molecule is CC(O)CN=C1NC(=O)/C(=C/c2ccc3ncccc3c2)S1. The number of fused-ring (bicyclic) bond motifs is 1. The van der Waals surface area contributed by atoms with E-state index in [2.05, 4.69) is 15.3 Å². The number of benzene rings is 1. The molecule has 22 heavy (non-hydrogen) atoms. The number of nitrogens with one attached hydrogen (secondary N) is 1. The molecule has 1 saturated heterocycles. The van der Waals surface area contributed by atoms with Crippen LogP contribution in [0.25, 0.3) is 17.0 Å². The van der Waals surface area contributed by atoms with Gasteiger partial charge in [-0.2, -0.15) is 0 Å². The summed E-state index contributed by atoms with van der Waals surface area (Å²) in [5, 5.41) is 13.5. The van der Waals surface area contributed by atoms with Gasteiger partial charge in [-0.15, -0.1) is 0 Å². The van der Waals surface area contributed by atoms with Crippen molar-refractivity contribution in [3.63, 3.8) is 0 Å². The van der Waals surface area contributed by atoms with Crippen molar-refractivity contribution in [1.82, 2.24) is 10.3 Å². The number of aromatic nitrogens is 1. The molecule has 0 spiro atoms.